The molecule has 7 heteroatoms. The zero-order chi connectivity index (χ0) is 15.9. The monoisotopic (exact) mass is 309 g/mol. The van der Waals surface area contributed by atoms with E-state index in [1.54, 1.807) is 0 Å². The van der Waals surface area contributed by atoms with Gasteiger partial charge in [0.2, 0.25) is 5.91 Å². The molecule has 122 valence electrons. The molecule has 0 aromatic carbocycles. The quantitative estimate of drug-likeness (QED) is 0.737. The van der Waals surface area contributed by atoms with Crippen molar-refractivity contribution in [3.05, 3.63) is 32.8 Å². The number of carbonyl (C=O) groups is 1. The Morgan fingerprint density at radius 3 is 2.91 bits per heavy atom. The third-order valence-electron chi connectivity index (χ3n) is 3.98. The minimum Gasteiger partial charge on any atom is -0.376 e. The predicted octanol–water partition coefficient (Wildman–Crippen LogP) is 0.248. The Labute approximate surface area is 128 Å². The summed E-state index contributed by atoms with van der Waals surface area (Å²) in [5.74, 6) is 0.238. The molecule has 1 saturated carbocycles. The van der Waals surface area contributed by atoms with Crippen molar-refractivity contribution in [3.63, 3.8) is 0 Å². The summed E-state index contributed by atoms with van der Waals surface area (Å²) in [6.07, 6.45) is 5.02. The van der Waals surface area contributed by atoms with Crippen molar-refractivity contribution in [1.29, 1.82) is 0 Å². The van der Waals surface area contributed by atoms with Crippen LogP contribution in [0.15, 0.2) is 21.7 Å². The molecule has 0 unspecified atom stereocenters. The lowest BCUT2D eigenvalue weighted by molar-refractivity contribution is -0.122. The van der Waals surface area contributed by atoms with E-state index >= 15 is 0 Å². The maximum absolute atomic E-state index is 11.7. The molecule has 1 aliphatic carbocycles. The van der Waals surface area contributed by atoms with Gasteiger partial charge < -0.3 is 10.1 Å². The predicted molar refractivity (Wildman–Crippen MR) is 81.7 cm³/mol. The van der Waals surface area contributed by atoms with Gasteiger partial charge in [0, 0.05) is 18.7 Å². The average Bonchev–Trinajstić information content (AvgIpc) is 2.49. The van der Waals surface area contributed by atoms with Gasteiger partial charge >= 0.3 is 0 Å². The fraction of sp³-hybridized carbons (Fsp3) is 0.667. The standard InChI is InChI=1S/C15H23N3O4/c1-11-4-2-3-5-12(11)22-9-8-16-14(20)10-18-15(21)7-6-13(19)17-18/h6-7,11-12H,2-5,8-10H2,1H3,(H,16,20)(H,17,19)/t11-,12+/m0/s1. The zero-order valence-electron chi connectivity index (χ0n) is 12.8. The molecule has 2 rings (SSSR count). The number of carbonyl (C=O) groups excluding carboxylic acids is 1. The van der Waals surface area contributed by atoms with E-state index in [-0.39, 0.29) is 18.6 Å². The van der Waals surface area contributed by atoms with Crippen molar-refractivity contribution in [2.24, 2.45) is 5.92 Å². The molecule has 1 heterocycles. The van der Waals surface area contributed by atoms with Crippen molar-refractivity contribution < 1.29 is 9.53 Å². The molecule has 0 radical (unpaired) electrons. The molecule has 1 aromatic rings. The lowest BCUT2D eigenvalue weighted by Gasteiger charge is -2.28. The van der Waals surface area contributed by atoms with Crippen LogP contribution in [-0.4, -0.2) is 34.9 Å². The summed E-state index contributed by atoms with van der Waals surface area (Å²) in [5, 5.41) is 5.00. The highest BCUT2D eigenvalue weighted by Crippen LogP contribution is 2.25. The number of nitrogens with one attached hydrogen (secondary N) is 2. The van der Waals surface area contributed by atoms with Crippen LogP contribution in [0, 0.1) is 5.92 Å². The fourth-order valence-electron chi connectivity index (χ4n) is 2.71. The van der Waals surface area contributed by atoms with Crippen molar-refractivity contribution in [1.82, 2.24) is 15.1 Å². The molecule has 2 atom stereocenters. The number of hydrogen-bond acceptors (Lipinski definition) is 4. The van der Waals surface area contributed by atoms with Crippen molar-refractivity contribution >= 4 is 5.91 Å². The average molecular weight is 309 g/mol. The summed E-state index contributed by atoms with van der Waals surface area (Å²) < 4.78 is 6.79. The lowest BCUT2D eigenvalue weighted by Crippen LogP contribution is -2.37. The first-order chi connectivity index (χ1) is 10.6. The Bertz CT molecular complexity index is 607. The second-order valence-electron chi connectivity index (χ2n) is 5.75. The molecule has 0 bridgehead atoms. The molecule has 0 saturated heterocycles. The van der Waals surface area contributed by atoms with E-state index in [2.05, 4.69) is 17.3 Å². The van der Waals surface area contributed by atoms with Crippen LogP contribution < -0.4 is 16.4 Å². The fourth-order valence-corrected chi connectivity index (χ4v) is 2.71. The molecule has 1 amide bonds. The van der Waals surface area contributed by atoms with E-state index in [0.717, 1.165) is 23.2 Å². The third-order valence-corrected chi connectivity index (χ3v) is 3.98. The molecule has 0 aliphatic heterocycles. The van der Waals surface area contributed by atoms with Crippen molar-refractivity contribution in [3.8, 4) is 0 Å². The minimum atomic E-state index is -0.415. The summed E-state index contributed by atoms with van der Waals surface area (Å²) >= 11 is 0. The second-order valence-corrected chi connectivity index (χ2v) is 5.75. The first-order valence-electron chi connectivity index (χ1n) is 7.75. The van der Waals surface area contributed by atoms with Gasteiger partial charge in [0.1, 0.15) is 6.54 Å². The molecular weight excluding hydrogens is 286 g/mol. The topological polar surface area (TPSA) is 93.2 Å². The van der Waals surface area contributed by atoms with Crippen LogP contribution in [0.4, 0.5) is 0 Å². The van der Waals surface area contributed by atoms with Crippen LogP contribution in [0.25, 0.3) is 0 Å². The first kappa shape index (κ1) is 16.5. The Kier molecular flexibility index (Phi) is 5.94. The lowest BCUT2D eigenvalue weighted by atomic mass is 9.88. The SMILES string of the molecule is C[C@H]1CCCC[C@H]1OCCNC(=O)Cn1[nH]c(=O)ccc1=O. The summed E-state index contributed by atoms with van der Waals surface area (Å²) in [4.78, 5) is 34.3. The van der Waals surface area contributed by atoms with Crippen LogP contribution in [0.2, 0.25) is 0 Å². The van der Waals surface area contributed by atoms with E-state index in [4.69, 9.17) is 4.74 Å². The Balaban J connectivity index is 1.70. The van der Waals surface area contributed by atoms with E-state index in [1.807, 2.05) is 0 Å². The van der Waals surface area contributed by atoms with Crippen LogP contribution in [0.5, 0.6) is 0 Å². The largest absolute Gasteiger partial charge is 0.376 e. The summed E-state index contributed by atoms with van der Waals surface area (Å²) in [6, 6.07) is 2.27. The molecule has 1 fully saturated rings. The molecule has 2 N–H and O–H groups in total. The third kappa shape index (κ3) is 4.84. The number of ether oxygens (including phenoxy) is 1. The highest BCUT2D eigenvalue weighted by Gasteiger charge is 2.21. The number of nitrogens with zero attached hydrogens (tertiary/aromatic N) is 1. The molecule has 1 aromatic heterocycles. The van der Waals surface area contributed by atoms with Gasteiger partial charge in [-0.15, -0.1) is 0 Å². The normalized spacial score (nSPS) is 21.5. The van der Waals surface area contributed by atoms with Crippen LogP contribution >= 0.6 is 0 Å². The summed E-state index contributed by atoms with van der Waals surface area (Å²) in [6.45, 7) is 2.85. The highest BCUT2D eigenvalue weighted by molar-refractivity contribution is 5.75. The van der Waals surface area contributed by atoms with Crippen LogP contribution in [-0.2, 0) is 16.1 Å². The summed E-state index contributed by atoms with van der Waals surface area (Å²) in [7, 11) is 0. The van der Waals surface area contributed by atoms with Gasteiger partial charge in [-0.2, -0.15) is 0 Å². The van der Waals surface area contributed by atoms with Gasteiger partial charge in [-0.25, -0.2) is 4.68 Å². The van der Waals surface area contributed by atoms with Gasteiger partial charge in [0.05, 0.1) is 12.7 Å². The van der Waals surface area contributed by atoms with Gasteiger partial charge in [0.15, 0.2) is 0 Å². The van der Waals surface area contributed by atoms with E-state index in [0.29, 0.717) is 19.1 Å². The number of hydrogen-bond donors (Lipinski definition) is 2. The zero-order valence-corrected chi connectivity index (χ0v) is 12.8. The Morgan fingerprint density at radius 1 is 1.36 bits per heavy atom. The number of amides is 1. The maximum Gasteiger partial charge on any atom is 0.265 e. The number of aromatic amines is 1. The molecular formula is C15H23N3O4. The van der Waals surface area contributed by atoms with E-state index in [1.165, 1.54) is 19.3 Å². The Hall–Kier alpha value is -1.89. The molecule has 0 spiro atoms. The number of aromatic nitrogens is 2. The number of H-pyrrole nitrogens is 1. The van der Waals surface area contributed by atoms with E-state index < -0.39 is 11.1 Å². The maximum atomic E-state index is 11.7. The van der Waals surface area contributed by atoms with Crippen molar-refractivity contribution in [2.45, 2.75) is 45.3 Å². The number of rotatable bonds is 6. The first-order valence-corrected chi connectivity index (χ1v) is 7.75. The van der Waals surface area contributed by atoms with Gasteiger partial charge in [-0.1, -0.05) is 19.8 Å². The highest BCUT2D eigenvalue weighted by atomic mass is 16.5. The van der Waals surface area contributed by atoms with Gasteiger partial charge in [0.25, 0.3) is 11.1 Å². The van der Waals surface area contributed by atoms with Crippen LogP contribution in [0.3, 0.4) is 0 Å². The van der Waals surface area contributed by atoms with Gasteiger partial charge in [-0.3, -0.25) is 19.5 Å². The Morgan fingerprint density at radius 2 is 2.14 bits per heavy atom. The molecule has 7 nitrogen and oxygen atoms in total. The minimum absolute atomic E-state index is 0.200. The second kappa shape index (κ2) is 7.93. The van der Waals surface area contributed by atoms with E-state index in [9.17, 15) is 14.4 Å². The summed E-state index contributed by atoms with van der Waals surface area (Å²) in [5.41, 5.74) is -0.830. The van der Waals surface area contributed by atoms with Crippen molar-refractivity contribution in [2.75, 3.05) is 13.2 Å². The van der Waals surface area contributed by atoms with Crippen LogP contribution in [0.1, 0.15) is 32.6 Å². The smallest absolute Gasteiger partial charge is 0.265 e. The molecule has 22 heavy (non-hydrogen) atoms. The van der Waals surface area contributed by atoms with Gasteiger partial charge in [-0.05, 0) is 18.8 Å². The molecule has 1 aliphatic rings.